The third kappa shape index (κ3) is 2.47. The Labute approximate surface area is 144 Å². The lowest BCUT2D eigenvalue weighted by Crippen LogP contribution is -2.53. The molecule has 5 heteroatoms. The number of esters is 1. The van der Waals surface area contributed by atoms with Gasteiger partial charge in [-0.2, -0.15) is 0 Å². The van der Waals surface area contributed by atoms with Crippen molar-refractivity contribution in [3.63, 3.8) is 0 Å². The molecule has 2 aliphatic heterocycles. The Balaban J connectivity index is 1.81. The van der Waals surface area contributed by atoms with Gasteiger partial charge in [0.05, 0.1) is 6.61 Å². The van der Waals surface area contributed by atoms with Crippen LogP contribution in [0.4, 0.5) is 0 Å². The molecule has 0 N–H and O–H groups in total. The van der Waals surface area contributed by atoms with Crippen molar-refractivity contribution in [3.8, 4) is 0 Å². The molecular weight excluding hydrogens is 326 g/mol. The Morgan fingerprint density at radius 2 is 1.57 bits per heavy atom. The molecule has 0 spiro atoms. The van der Waals surface area contributed by atoms with Gasteiger partial charge in [0, 0.05) is 22.9 Å². The van der Waals surface area contributed by atoms with E-state index in [1.807, 2.05) is 19.1 Å². The third-order valence-electron chi connectivity index (χ3n) is 4.11. The van der Waals surface area contributed by atoms with Crippen LogP contribution in [0.5, 0.6) is 0 Å². The molecule has 0 bridgehead atoms. The van der Waals surface area contributed by atoms with Gasteiger partial charge in [-0.3, -0.25) is 4.90 Å². The van der Waals surface area contributed by atoms with Gasteiger partial charge in [-0.1, -0.05) is 59.9 Å². The summed E-state index contributed by atoms with van der Waals surface area (Å²) in [5, 5.41) is 0. The van der Waals surface area contributed by atoms with Gasteiger partial charge in [-0.15, -0.1) is 0 Å². The molecule has 0 saturated heterocycles. The highest BCUT2D eigenvalue weighted by Gasteiger charge is 2.53. The minimum absolute atomic E-state index is 0.154. The Morgan fingerprint density at radius 1 is 1.04 bits per heavy atom. The summed E-state index contributed by atoms with van der Waals surface area (Å²) in [5.74, 6) is -0.154. The molecule has 0 aliphatic carbocycles. The summed E-state index contributed by atoms with van der Waals surface area (Å²) in [6.45, 7) is 3.80. The highest BCUT2D eigenvalue weighted by molar-refractivity contribution is 8.19. The molecule has 2 heterocycles. The first-order valence-electron chi connectivity index (χ1n) is 7.69. The lowest BCUT2D eigenvalue weighted by atomic mass is 10.1. The average molecular weight is 343 g/mol. The monoisotopic (exact) mass is 343 g/mol. The first kappa shape index (κ1) is 15.1. The fourth-order valence-corrected chi connectivity index (χ4v) is 5.95. The average Bonchev–Trinajstić information content (AvgIpc) is 2.58. The lowest BCUT2D eigenvalue weighted by molar-refractivity contribution is -0.148. The van der Waals surface area contributed by atoms with Gasteiger partial charge < -0.3 is 4.74 Å². The topological polar surface area (TPSA) is 29.5 Å². The summed E-state index contributed by atoms with van der Waals surface area (Å²) < 4.78 is 4.73. The molecule has 3 nitrogen and oxygen atoms in total. The first-order chi connectivity index (χ1) is 11.2. The number of benzene rings is 2. The molecule has 0 aromatic heterocycles. The van der Waals surface area contributed by atoms with Crippen LogP contribution in [0.1, 0.15) is 18.1 Å². The predicted octanol–water partition coefficient (Wildman–Crippen LogP) is 4.12. The van der Waals surface area contributed by atoms with Crippen LogP contribution < -0.4 is 0 Å². The summed E-state index contributed by atoms with van der Waals surface area (Å²) in [7, 11) is 0. The lowest BCUT2D eigenvalue weighted by Gasteiger charge is -2.47. The van der Waals surface area contributed by atoms with Gasteiger partial charge in [-0.05, 0) is 30.2 Å². The van der Waals surface area contributed by atoms with Crippen molar-refractivity contribution >= 4 is 29.5 Å². The Bertz CT molecular complexity index is 711. The summed E-state index contributed by atoms with van der Waals surface area (Å²) >= 11 is 3.23. The number of carbonyl (C=O) groups excluding carboxylic acids is 1. The molecule has 4 rings (SSSR count). The van der Waals surface area contributed by atoms with Crippen molar-refractivity contribution < 1.29 is 9.53 Å². The number of ether oxygens (including phenoxy) is 1. The van der Waals surface area contributed by atoms with E-state index in [9.17, 15) is 4.79 Å². The van der Waals surface area contributed by atoms with Crippen LogP contribution in [0.2, 0.25) is 0 Å². The van der Waals surface area contributed by atoms with E-state index in [0.717, 1.165) is 13.1 Å². The van der Waals surface area contributed by atoms with Crippen LogP contribution >= 0.6 is 23.5 Å². The molecule has 0 atom stereocenters. The van der Waals surface area contributed by atoms with Gasteiger partial charge >= 0.3 is 5.97 Å². The Kier molecular flexibility index (Phi) is 3.87. The maximum atomic E-state index is 12.9. The van der Waals surface area contributed by atoms with Crippen LogP contribution in [0.3, 0.4) is 0 Å². The highest BCUT2D eigenvalue weighted by Crippen LogP contribution is 2.56. The quantitative estimate of drug-likeness (QED) is 0.765. The summed E-state index contributed by atoms with van der Waals surface area (Å²) in [4.78, 5) is 17.4. The zero-order valence-electron chi connectivity index (χ0n) is 12.8. The number of carbonyl (C=O) groups is 1. The number of hydrogen-bond donors (Lipinski definition) is 0. The van der Waals surface area contributed by atoms with E-state index < -0.39 is 4.20 Å². The van der Waals surface area contributed by atoms with Crippen molar-refractivity contribution in [2.24, 2.45) is 0 Å². The summed E-state index contributed by atoms with van der Waals surface area (Å²) in [5.41, 5.74) is 2.55. The van der Waals surface area contributed by atoms with Gasteiger partial charge in [0.25, 0.3) is 0 Å². The van der Waals surface area contributed by atoms with E-state index in [1.165, 1.54) is 20.9 Å². The van der Waals surface area contributed by atoms with E-state index >= 15 is 0 Å². The minimum Gasteiger partial charge on any atom is -0.463 e. The minimum atomic E-state index is -0.723. The molecule has 0 saturated carbocycles. The number of fused-ring (bicyclic) bond motifs is 3. The second-order valence-corrected chi connectivity index (χ2v) is 8.31. The van der Waals surface area contributed by atoms with Crippen molar-refractivity contribution in [2.45, 2.75) is 34.0 Å². The van der Waals surface area contributed by atoms with Gasteiger partial charge in [0.15, 0.2) is 0 Å². The maximum Gasteiger partial charge on any atom is 0.348 e. The fourth-order valence-electron chi connectivity index (χ4n) is 3.03. The van der Waals surface area contributed by atoms with Gasteiger partial charge in [0.1, 0.15) is 0 Å². The smallest absolute Gasteiger partial charge is 0.348 e. The molecular formula is C18H17NO2S2. The van der Waals surface area contributed by atoms with Gasteiger partial charge in [-0.25, -0.2) is 4.79 Å². The predicted molar refractivity (Wildman–Crippen MR) is 93.2 cm³/mol. The van der Waals surface area contributed by atoms with Crippen molar-refractivity contribution in [1.29, 1.82) is 0 Å². The molecule has 0 radical (unpaired) electrons. The van der Waals surface area contributed by atoms with E-state index in [0.29, 0.717) is 6.61 Å². The van der Waals surface area contributed by atoms with E-state index in [1.54, 1.807) is 23.5 Å². The van der Waals surface area contributed by atoms with E-state index in [4.69, 9.17) is 4.74 Å². The van der Waals surface area contributed by atoms with E-state index in [2.05, 4.69) is 41.3 Å². The maximum absolute atomic E-state index is 12.9. The van der Waals surface area contributed by atoms with Crippen molar-refractivity contribution in [1.82, 2.24) is 4.90 Å². The van der Waals surface area contributed by atoms with Crippen LogP contribution in [0, 0.1) is 0 Å². The molecule has 2 aromatic carbocycles. The highest BCUT2D eigenvalue weighted by atomic mass is 32.2. The molecule has 2 aromatic rings. The zero-order valence-corrected chi connectivity index (χ0v) is 14.5. The van der Waals surface area contributed by atoms with Crippen LogP contribution in [0.15, 0.2) is 58.3 Å². The standard InChI is InChI=1S/C18H17NO2S2/c1-2-21-17(20)18-19(11-13-7-3-5-9-15(13)22-18)12-14-8-4-6-10-16(14)23-18/h3-10H,2,11-12H2,1H3. The Morgan fingerprint density at radius 3 is 2.09 bits per heavy atom. The van der Waals surface area contributed by atoms with Crippen LogP contribution in [-0.4, -0.2) is 21.7 Å². The molecule has 0 unspecified atom stereocenters. The number of hydrogen-bond acceptors (Lipinski definition) is 5. The van der Waals surface area contributed by atoms with Crippen LogP contribution in [0.25, 0.3) is 0 Å². The Hall–Kier alpha value is -1.43. The van der Waals surface area contributed by atoms with E-state index in [-0.39, 0.29) is 5.97 Å². The molecule has 23 heavy (non-hydrogen) atoms. The number of thioether (sulfide) groups is 2. The van der Waals surface area contributed by atoms with Crippen molar-refractivity contribution in [2.75, 3.05) is 6.61 Å². The fraction of sp³-hybridized carbons (Fsp3) is 0.278. The number of nitrogens with zero attached hydrogens (tertiary/aromatic N) is 1. The third-order valence-corrected chi connectivity index (χ3v) is 7.25. The SMILES string of the molecule is CCOC(=O)C12Sc3ccccc3CN1Cc1ccccc1S2. The van der Waals surface area contributed by atoms with Crippen LogP contribution in [-0.2, 0) is 22.6 Å². The number of rotatable bonds is 2. The zero-order chi connectivity index (χ0) is 15.9. The van der Waals surface area contributed by atoms with Crippen molar-refractivity contribution in [3.05, 3.63) is 59.7 Å². The molecule has 118 valence electrons. The summed E-state index contributed by atoms with van der Waals surface area (Å²) in [6, 6.07) is 16.6. The molecule has 0 fully saturated rings. The molecule has 0 amide bonds. The largest absolute Gasteiger partial charge is 0.463 e. The second kappa shape index (κ2) is 5.89. The summed E-state index contributed by atoms with van der Waals surface area (Å²) in [6.07, 6.45) is 0. The molecule has 2 aliphatic rings. The first-order valence-corrected chi connectivity index (χ1v) is 9.32. The van der Waals surface area contributed by atoms with Gasteiger partial charge in [0.2, 0.25) is 4.20 Å². The second-order valence-electron chi connectivity index (χ2n) is 5.58. The normalized spacial score (nSPS) is 18.5.